The van der Waals surface area contributed by atoms with E-state index in [9.17, 15) is 4.79 Å². The van der Waals surface area contributed by atoms with Gasteiger partial charge < -0.3 is 10.8 Å². The van der Waals surface area contributed by atoms with Crippen LogP contribution in [0.3, 0.4) is 0 Å². The minimum absolute atomic E-state index is 0.0256. The van der Waals surface area contributed by atoms with E-state index in [1.807, 2.05) is 6.92 Å². The van der Waals surface area contributed by atoms with Gasteiger partial charge in [0, 0.05) is 10.8 Å². The minimum Gasteiger partial charge on any atom is -0.336 e. The van der Waals surface area contributed by atoms with E-state index in [4.69, 9.17) is 10.8 Å². The van der Waals surface area contributed by atoms with Crippen molar-refractivity contribution in [2.24, 2.45) is 5.92 Å². The molecule has 1 fully saturated rings. The molecule has 9 heteroatoms. The molecule has 2 aliphatic carbocycles. The van der Waals surface area contributed by atoms with Gasteiger partial charge in [0.05, 0.1) is 10.6 Å². The Morgan fingerprint density at radius 1 is 1.33 bits per heavy atom. The third-order valence-corrected chi connectivity index (χ3v) is 7.70. The molecule has 3 heterocycles. The van der Waals surface area contributed by atoms with Crippen LogP contribution in [0, 0.1) is 5.92 Å². The highest BCUT2D eigenvalue weighted by molar-refractivity contribution is 7.99. The van der Waals surface area contributed by atoms with Crippen LogP contribution in [0.25, 0.3) is 10.2 Å². The maximum absolute atomic E-state index is 12.8. The summed E-state index contributed by atoms with van der Waals surface area (Å²) in [6.45, 7) is 4.28. The number of thioether (sulfide) groups is 1. The standard InChI is InChI=1S/C18H22N6OS2/c1-8-3-6-11-12(7-8)27-17-13(11)16(25)20-14(21-17)9(2)26-18-23-22-15(24(18)19)10-4-5-10/h8-10H,3-7,19H2,1-2H3,(H,20,21,25)/t8-,9+/m0/s1. The Morgan fingerprint density at radius 3 is 2.93 bits per heavy atom. The zero-order valence-electron chi connectivity index (χ0n) is 15.4. The summed E-state index contributed by atoms with van der Waals surface area (Å²) in [5.74, 6) is 8.79. The molecule has 3 N–H and O–H groups in total. The van der Waals surface area contributed by atoms with Crippen LogP contribution in [0.1, 0.15) is 66.4 Å². The zero-order valence-corrected chi connectivity index (χ0v) is 17.0. The molecule has 27 heavy (non-hydrogen) atoms. The fourth-order valence-electron chi connectivity index (χ4n) is 3.76. The molecule has 0 radical (unpaired) electrons. The van der Waals surface area contributed by atoms with E-state index in [-0.39, 0.29) is 10.8 Å². The van der Waals surface area contributed by atoms with Crippen molar-refractivity contribution in [3.8, 4) is 0 Å². The van der Waals surface area contributed by atoms with Crippen molar-refractivity contribution in [1.82, 2.24) is 24.8 Å². The highest BCUT2D eigenvalue weighted by Crippen LogP contribution is 2.41. The lowest BCUT2D eigenvalue weighted by atomic mass is 9.89. The number of nitrogens with zero attached hydrogens (tertiary/aromatic N) is 4. The average molecular weight is 403 g/mol. The third kappa shape index (κ3) is 2.97. The second-order valence-corrected chi connectivity index (χ2v) is 10.1. The minimum atomic E-state index is -0.0706. The van der Waals surface area contributed by atoms with E-state index in [1.54, 1.807) is 16.0 Å². The van der Waals surface area contributed by atoms with Gasteiger partial charge in [-0.1, -0.05) is 18.7 Å². The molecule has 142 valence electrons. The highest BCUT2D eigenvalue weighted by atomic mass is 32.2. The van der Waals surface area contributed by atoms with Crippen LogP contribution in [0.5, 0.6) is 0 Å². The fourth-order valence-corrected chi connectivity index (χ4v) is 5.99. The van der Waals surface area contributed by atoms with E-state index in [0.29, 0.717) is 22.8 Å². The molecular formula is C18H22N6OS2. The molecule has 3 aromatic heterocycles. The number of aryl methyl sites for hydroxylation is 1. The number of nitrogens with two attached hydrogens (primary N) is 1. The van der Waals surface area contributed by atoms with Gasteiger partial charge in [-0.3, -0.25) is 4.79 Å². The van der Waals surface area contributed by atoms with Gasteiger partial charge in [0.25, 0.3) is 5.56 Å². The molecule has 0 aromatic carbocycles. The number of aromatic amines is 1. The second kappa shape index (κ2) is 6.34. The predicted octanol–water partition coefficient (Wildman–Crippen LogP) is 3.15. The number of H-pyrrole nitrogens is 1. The summed E-state index contributed by atoms with van der Waals surface area (Å²) in [5, 5.41) is 9.82. The van der Waals surface area contributed by atoms with Crippen LogP contribution < -0.4 is 11.4 Å². The van der Waals surface area contributed by atoms with E-state index in [1.165, 1.54) is 22.2 Å². The van der Waals surface area contributed by atoms with Crippen LogP contribution in [0.4, 0.5) is 0 Å². The summed E-state index contributed by atoms with van der Waals surface area (Å²) in [6.07, 6.45) is 5.42. The van der Waals surface area contributed by atoms with Crippen LogP contribution >= 0.6 is 23.1 Å². The fraction of sp³-hybridized carbons (Fsp3) is 0.556. The first-order chi connectivity index (χ1) is 13.0. The van der Waals surface area contributed by atoms with E-state index in [0.717, 1.165) is 48.1 Å². The summed E-state index contributed by atoms with van der Waals surface area (Å²) in [7, 11) is 0. The molecule has 0 spiro atoms. The van der Waals surface area contributed by atoms with Crippen LogP contribution in [-0.4, -0.2) is 24.8 Å². The van der Waals surface area contributed by atoms with Crippen molar-refractivity contribution >= 4 is 33.3 Å². The summed E-state index contributed by atoms with van der Waals surface area (Å²) in [4.78, 5) is 22.8. The molecule has 5 rings (SSSR count). The maximum Gasteiger partial charge on any atom is 0.259 e. The Balaban J connectivity index is 1.47. The summed E-state index contributed by atoms with van der Waals surface area (Å²) in [5.41, 5.74) is 1.19. The normalized spacial score (nSPS) is 20.7. The zero-order chi connectivity index (χ0) is 18.7. The van der Waals surface area contributed by atoms with Crippen LogP contribution in [0.2, 0.25) is 0 Å². The molecule has 3 aromatic rings. The lowest BCUT2D eigenvalue weighted by Crippen LogP contribution is -2.16. The van der Waals surface area contributed by atoms with Gasteiger partial charge in [-0.15, -0.1) is 21.5 Å². The summed E-state index contributed by atoms with van der Waals surface area (Å²) < 4.78 is 1.58. The molecule has 0 saturated heterocycles. The monoisotopic (exact) mass is 402 g/mol. The number of nitrogen functional groups attached to an aromatic ring is 1. The van der Waals surface area contributed by atoms with Gasteiger partial charge in [-0.25, -0.2) is 9.66 Å². The average Bonchev–Trinajstić information content (AvgIpc) is 3.31. The first-order valence-electron chi connectivity index (χ1n) is 9.42. The van der Waals surface area contributed by atoms with Crippen molar-refractivity contribution in [3.63, 3.8) is 0 Å². The summed E-state index contributed by atoms with van der Waals surface area (Å²) in [6, 6.07) is 0. The van der Waals surface area contributed by atoms with E-state index in [2.05, 4.69) is 22.1 Å². The molecule has 7 nitrogen and oxygen atoms in total. The Labute approximate surface area is 164 Å². The van der Waals surface area contributed by atoms with Gasteiger partial charge in [-0.2, -0.15) is 0 Å². The molecule has 2 aliphatic rings. The third-order valence-electron chi connectivity index (χ3n) is 5.48. The van der Waals surface area contributed by atoms with Gasteiger partial charge >= 0.3 is 0 Å². The van der Waals surface area contributed by atoms with Gasteiger partial charge in [-0.05, 0) is 50.5 Å². The molecule has 0 amide bonds. The van der Waals surface area contributed by atoms with Crippen molar-refractivity contribution in [1.29, 1.82) is 0 Å². The molecule has 2 atom stereocenters. The van der Waals surface area contributed by atoms with E-state index >= 15 is 0 Å². The number of hydrogen-bond acceptors (Lipinski definition) is 7. The Morgan fingerprint density at radius 2 is 2.15 bits per heavy atom. The molecule has 0 aliphatic heterocycles. The van der Waals surface area contributed by atoms with Crippen molar-refractivity contribution in [2.75, 3.05) is 5.84 Å². The maximum atomic E-state index is 12.8. The molecular weight excluding hydrogens is 380 g/mol. The molecule has 0 unspecified atom stereocenters. The first kappa shape index (κ1) is 17.2. The van der Waals surface area contributed by atoms with Crippen molar-refractivity contribution in [2.45, 2.75) is 62.3 Å². The lowest BCUT2D eigenvalue weighted by Gasteiger charge is -2.17. The van der Waals surface area contributed by atoms with E-state index < -0.39 is 0 Å². The van der Waals surface area contributed by atoms with Gasteiger partial charge in [0.1, 0.15) is 10.7 Å². The molecule has 1 saturated carbocycles. The lowest BCUT2D eigenvalue weighted by molar-refractivity contribution is 0.509. The smallest absolute Gasteiger partial charge is 0.259 e. The van der Waals surface area contributed by atoms with Crippen LogP contribution in [-0.2, 0) is 12.8 Å². The molecule has 0 bridgehead atoms. The van der Waals surface area contributed by atoms with Gasteiger partial charge in [0.15, 0.2) is 5.82 Å². The van der Waals surface area contributed by atoms with Crippen LogP contribution in [0.15, 0.2) is 9.95 Å². The first-order valence-corrected chi connectivity index (χ1v) is 11.1. The SMILES string of the molecule is C[C@H]1CCc2c(sc3nc([C@@H](C)Sc4nnc(C5CC5)n4N)[nH]c(=O)c23)C1. The number of rotatable bonds is 4. The second-order valence-electron chi connectivity index (χ2n) is 7.73. The Bertz CT molecular complexity index is 1080. The Kier molecular flexibility index (Phi) is 4.05. The quantitative estimate of drug-likeness (QED) is 0.513. The van der Waals surface area contributed by atoms with Gasteiger partial charge in [0.2, 0.25) is 5.16 Å². The van der Waals surface area contributed by atoms with Crippen molar-refractivity contribution in [3.05, 3.63) is 32.4 Å². The topological polar surface area (TPSA) is 102 Å². The predicted molar refractivity (Wildman–Crippen MR) is 108 cm³/mol. The number of nitrogens with one attached hydrogen (secondary N) is 1. The number of thiophene rings is 1. The van der Waals surface area contributed by atoms with Crippen molar-refractivity contribution < 1.29 is 0 Å². The number of fused-ring (bicyclic) bond motifs is 3. The number of aromatic nitrogens is 5. The summed E-state index contributed by atoms with van der Waals surface area (Å²) >= 11 is 3.15. The number of hydrogen-bond donors (Lipinski definition) is 2. The largest absolute Gasteiger partial charge is 0.336 e. The highest BCUT2D eigenvalue weighted by Gasteiger charge is 2.30. The Hall–Kier alpha value is -1.87.